The minimum atomic E-state index is -3.76. The van der Waals surface area contributed by atoms with Crippen LogP contribution in [0.15, 0.2) is 29.2 Å². The molecule has 0 aliphatic carbocycles. The molecule has 0 saturated heterocycles. The molecule has 0 bridgehead atoms. The summed E-state index contributed by atoms with van der Waals surface area (Å²) in [4.78, 5) is 23.5. The van der Waals surface area contributed by atoms with Crippen LogP contribution in [0.4, 0.5) is 0 Å². The minimum Gasteiger partial charge on any atom is -0.456 e. The Labute approximate surface area is 172 Å². The fourth-order valence-electron chi connectivity index (χ4n) is 2.44. The van der Waals surface area contributed by atoms with Gasteiger partial charge in [-0.15, -0.1) is 0 Å². The summed E-state index contributed by atoms with van der Waals surface area (Å²) < 4.78 is 31.4. The fraction of sp³-hybridized carbons (Fsp3) is 0.579. The molecule has 158 valence electrons. The first kappa shape index (κ1) is 24.4. The standard InChI is InChI=1S/C19H29ClN2O5S/c1-14(2)6-4-7-15(3)22-18(23)13-27-19(24)10-11-21-28(25,26)17-9-5-8-16(20)12-17/h5,8-9,12,14-15,21H,4,6-7,10-11,13H2,1-3H3,(H,22,23). The predicted octanol–water partition coefficient (Wildman–Crippen LogP) is 2.88. The maximum Gasteiger partial charge on any atom is 0.307 e. The van der Waals surface area contributed by atoms with Gasteiger partial charge in [-0.2, -0.15) is 0 Å². The molecule has 0 fully saturated rings. The third-order valence-corrected chi connectivity index (χ3v) is 5.61. The van der Waals surface area contributed by atoms with Crippen molar-refractivity contribution < 1.29 is 22.7 Å². The van der Waals surface area contributed by atoms with Gasteiger partial charge in [-0.05, 0) is 37.5 Å². The first-order chi connectivity index (χ1) is 13.1. The van der Waals surface area contributed by atoms with Crippen molar-refractivity contribution >= 4 is 33.5 Å². The van der Waals surface area contributed by atoms with Crippen molar-refractivity contribution in [3.8, 4) is 0 Å². The highest BCUT2D eigenvalue weighted by Crippen LogP contribution is 2.15. The Hall–Kier alpha value is -1.64. The Morgan fingerprint density at radius 1 is 1.18 bits per heavy atom. The molecule has 0 aromatic heterocycles. The largest absolute Gasteiger partial charge is 0.456 e. The number of ether oxygens (including phenoxy) is 1. The Balaban J connectivity index is 2.27. The van der Waals surface area contributed by atoms with Crippen molar-refractivity contribution in [1.29, 1.82) is 0 Å². The van der Waals surface area contributed by atoms with Gasteiger partial charge in [-0.3, -0.25) is 9.59 Å². The number of benzene rings is 1. The number of hydrogen-bond acceptors (Lipinski definition) is 5. The predicted molar refractivity (Wildman–Crippen MR) is 109 cm³/mol. The molecule has 9 heteroatoms. The van der Waals surface area contributed by atoms with Crippen LogP contribution in [0.3, 0.4) is 0 Å². The van der Waals surface area contributed by atoms with Gasteiger partial charge in [0.1, 0.15) is 0 Å². The molecule has 1 atom stereocenters. The molecule has 1 rings (SSSR count). The van der Waals surface area contributed by atoms with Crippen molar-refractivity contribution in [3.63, 3.8) is 0 Å². The summed E-state index contributed by atoms with van der Waals surface area (Å²) >= 11 is 5.78. The highest BCUT2D eigenvalue weighted by atomic mass is 35.5. The van der Waals surface area contributed by atoms with Gasteiger partial charge >= 0.3 is 5.97 Å². The molecule has 1 aromatic rings. The van der Waals surface area contributed by atoms with Gasteiger partial charge in [-0.1, -0.05) is 44.4 Å². The van der Waals surface area contributed by atoms with Crippen molar-refractivity contribution in [2.24, 2.45) is 5.92 Å². The molecule has 1 unspecified atom stereocenters. The molecule has 2 N–H and O–H groups in total. The molecular formula is C19H29ClN2O5S. The monoisotopic (exact) mass is 432 g/mol. The molecule has 0 radical (unpaired) electrons. The topological polar surface area (TPSA) is 102 Å². The van der Waals surface area contributed by atoms with Crippen molar-refractivity contribution in [3.05, 3.63) is 29.3 Å². The van der Waals surface area contributed by atoms with Crippen LogP contribution in [0, 0.1) is 5.92 Å². The third-order valence-electron chi connectivity index (χ3n) is 3.92. The number of carbonyl (C=O) groups is 2. The third kappa shape index (κ3) is 10.1. The maximum atomic E-state index is 12.1. The molecule has 28 heavy (non-hydrogen) atoms. The second-order valence-electron chi connectivity index (χ2n) is 7.06. The maximum absolute atomic E-state index is 12.1. The number of halogens is 1. The number of amides is 1. The van der Waals surface area contributed by atoms with Gasteiger partial charge in [-0.25, -0.2) is 13.1 Å². The summed E-state index contributed by atoms with van der Waals surface area (Å²) in [5.41, 5.74) is 0. The van der Waals surface area contributed by atoms with Gasteiger partial charge in [0.25, 0.3) is 5.91 Å². The van der Waals surface area contributed by atoms with E-state index in [2.05, 4.69) is 23.9 Å². The summed E-state index contributed by atoms with van der Waals surface area (Å²) in [6, 6.07) is 5.81. The van der Waals surface area contributed by atoms with Crippen molar-refractivity contribution in [2.75, 3.05) is 13.2 Å². The highest BCUT2D eigenvalue weighted by molar-refractivity contribution is 7.89. The van der Waals surface area contributed by atoms with Crippen molar-refractivity contribution in [2.45, 2.75) is 57.4 Å². The second-order valence-corrected chi connectivity index (χ2v) is 9.26. The lowest BCUT2D eigenvalue weighted by Gasteiger charge is -2.14. The Bertz CT molecular complexity index is 752. The summed E-state index contributed by atoms with van der Waals surface area (Å²) in [6.45, 7) is 5.69. The first-order valence-electron chi connectivity index (χ1n) is 9.30. The van der Waals surface area contributed by atoms with Gasteiger partial charge in [0, 0.05) is 17.6 Å². The molecule has 7 nitrogen and oxygen atoms in total. The summed E-state index contributed by atoms with van der Waals surface area (Å²) in [5, 5.41) is 3.07. The quantitative estimate of drug-likeness (QED) is 0.494. The average Bonchev–Trinajstić information content (AvgIpc) is 2.59. The van der Waals surface area contributed by atoms with Crippen LogP contribution in [-0.4, -0.2) is 39.5 Å². The van der Waals surface area contributed by atoms with Gasteiger partial charge in [0.05, 0.1) is 11.3 Å². The molecule has 0 aliphatic rings. The number of esters is 1. The number of nitrogens with one attached hydrogen (secondary N) is 2. The number of hydrogen-bond donors (Lipinski definition) is 2. The van der Waals surface area contributed by atoms with E-state index in [0.29, 0.717) is 10.9 Å². The summed E-state index contributed by atoms with van der Waals surface area (Å²) in [7, 11) is -3.76. The Morgan fingerprint density at radius 2 is 1.89 bits per heavy atom. The normalized spacial score (nSPS) is 12.6. The SMILES string of the molecule is CC(C)CCCC(C)NC(=O)COC(=O)CCNS(=O)(=O)c1cccc(Cl)c1. The Morgan fingerprint density at radius 3 is 2.54 bits per heavy atom. The van der Waals surface area contributed by atoms with E-state index in [-0.39, 0.29) is 36.4 Å². The van der Waals surface area contributed by atoms with Crippen LogP contribution >= 0.6 is 11.6 Å². The van der Waals surface area contributed by atoms with Crippen LogP contribution in [0.5, 0.6) is 0 Å². The van der Waals surface area contributed by atoms with E-state index in [1.165, 1.54) is 18.2 Å². The Kier molecular flexibility index (Phi) is 10.5. The molecule has 0 aliphatic heterocycles. The minimum absolute atomic E-state index is 0.00876. The lowest BCUT2D eigenvalue weighted by Crippen LogP contribution is -2.36. The van der Waals surface area contributed by atoms with Crippen LogP contribution in [0.25, 0.3) is 0 Å². The summed E-state index contributed by atoms with van der Waals surface area (Å²) in [6.07, 6.45) is 2.80. The van der Waals surface area contributed by atoms with Gasteiger partial charge in [0.15, 0.2) is 6.61 Å². The van der Waals surface area contributed by atoms with Crippen LogP contribution in [0.2, 0.25) is 5.02 Å². The molecule has 1 aromatic carbocycles. The summed E-state index contributed by atoms with van der Waals surface area (Å²) in [5.74, 6) is -0.401. The van der Waals surface area contributed by atoms with Crippen LogP contribution in [0.1, 0.15) is 46.5 Å². The molecule has 0 heterocycles. The van der Waals surface area contributed by atoms with Gasteiger partial charge < -0.3 is 10.1 Å². The van der Waals surface area contributed by atoms with Crippen molar-refractivity contribution in [1.82, 2.24) is 10.0 Å². The number of rotatable bonds is 12. The van der Waals surface area contributed by atoms with Crippen LogP contribution in [-0.2, 0) is 24.3 Å². The molecule has 0 spiro atoms. The lowest BCUT2D eigenvalue weighted by atomic mass is 10.0. The number of carbonyl (C=O) groups excluding carboxylic acids is 2. The van der Waals surface area contributed by atoms with Gasteiger partial charge in [0.2, 0.25) is 10.0 Å². The van der Waals surface area contributed by atoms with E-state index >= 15 is 0 Å². The lowest BCUT2D eigenvalue weighted by molar-refractivity contribution is -0.148. The second kappa shape index (κ2) is 12.0. The first-order valence-corrected chi connectivity index (χ1v) is 11.2. The highest BCUT2D eigenvalue weighted by Gasteiger charge is 2.15. The zero-order valence-electron chi connectivity index (χ0n) is 16.5. The molecule has 0 saturated carbocycles. The van der Waals surface area contributed by atoms with Crippen LogP contribution < -0.4 is 10.0 Å². The average molecular weight is 433 g/mol. The zero-order valence-corrected chi connectivity index (χ0v) is 18.1. The van der Waals surface area contributed by atoms with E-state index in [9.17, 15) is 18.0 Å². The fourth-order valence-corrected chi connectivity index (χ4v) is 3.78. The number of sulfonamides is 1. The zero-order chi connectivity index (χ0) is 21.2. The van der Waals surface area contributed by atoms with E-state index in [1.807, 2.05) is 6.92 Å². The molecular weight excluding hydrogens is 404 g/mol. The van der Waals surface area contributed by atoms with E-state index in [0.717, 1.165) is 19.3 Å². The van der Waals surface area contributed by atoms with E-state index in [1.54, 1.807) is 6.07 Å². The van der Waals surface area contributed by atoms with E-state index in [4.69, 9.17) is 16.3 Å². The smallest absolute Gasteiger partial charge is 0.307 e. The molecule has 1 amide bonds. The van der Waals surface area contributed by atoms with E-state index < -0.39 is 16.0 Å².